The van der Waals surface area contributed by atoms with Crippen LogP contribution in [0, 0.1) is 0 Å². The number of hydrogen-bond donors (Lipinski definition) is 1. The summed E-state index contributed by atoms with van der Waals surface area (Å²) in [6, 6.07) is 10.1. The highest BCUT2D eigenvalue weighted by molar-refractivity contribution is 5.23. The standard InChI is InChI=1S/C17H28N2O/c1-4-16-12-19(17(5-2)10-18-16)11-14-7-6-8-15(9-14)13-20-3/h6-9,16-18H,4-5,10-13H2,1-3H3. The fourth-order valence-electron chi connectivity index (χ4n) is 3.02. The van der Waals surface area contributed by atoms with E-state index >= 15 is 0 Å². The number of nitrogens with zero attached hydrogens (tertiary/aromatic N) is 1. The van der Waals surface area contributed by atoms with Crippen LogP contribution in [0.5, 0.6) is 0 Å². The van der Waals surface area contributed by atoms with Crippen LogP contribution in [0.1, 0.15) is 37.8 Å². The molecule has 1 saturated heterocycles. The Hall–Kier alpha value is -0.900. The molecule has 20 heavy (non-hydrogen) atoms. The summed E-state index contributed by atoms with van der Waals surface area (Å²) < 4.78 is 5.23. The Morgan fingerprint density at radius 1 is 1.25 bits per heavy atom. The van der Waals surface area contributed by atoms with E-state index in [4.69, 9.17) is 4.74 Å². The van der Waals surface area contributed by atoms with Gasteiger partial charge in [-0.1, -0.05) is 38.1 Å². The molecule has 0 saturated carbocycles. The zero-order valence-electron chi connectivity index (χ0n) is 13.1. The Morgan fingerprint density at radius 3 is 2.75 bits per heavy atom. The number of rotatable bonds is 6. The Labute approximate surface area is 123 Å². The van der Waals surface area contributed by atoms with Crippen LogP contribution in [0.2, 0.25) is 0 Å². The van der Waals surface area contributed by atoms with E-state index in [-0.39, 0.29) is 0 Å². The molecule has 1 N–H and O–H groups in total. The number of benzene rings is 1. The molecule has 1 aliphatic rings. The van der Waals surface area contributed by atoms with Gasteiger partial charge >= 0.3 is 0 Å². The van der Waals surface area contributed by atoms with Gasteiger partial charge in [-0.15, -0.1) is 0 Å². The fourth-order valence-corrected chi connectivity index (χ4v) is 3.02. The monoisotopic (exact) mass is 276 g/mol. The highest BCUT2D eigenvalue weighted by Crippen LogP contribution is 2.17. The largest absolute Gasteiger partial charge is 0.380 e. The van der Waals surface area contributed by atoms with Gasteiger partial charge in [-0.05, 0) is 24.0 Å². The van der Waals surface area contributed by atoms with Crippen LogP contribution in [0.3, 0.4) is 0 Å². The predicted molar refractivity (Wildman–Crippen MR) is 83.7 cm³/mol. The molecule has 2 unspecified atom stereocenters. The van der Waals surface area contributed by atoms with Gasteiger partial charge in [0.2, 0.25) is 0 Å². The molecular formula is C17H28N2O. The maximum Gasteiger partial charge on any atom is 0.0713 e. The Kier molecular flexibility index (Phi) is 6.02. The summed E-state index contributed by atoms with van der Waals surface area (Å²) in [5, 5.41) is 3.66. The lowest BCUT2D eigenvalue weighted by atomic mass is 10.0. The highest BCUT2D eigenvalue weighted by atomic mass is 16.5. The third kappa shape index (κ3) is 4.05. The van der Waals surface area contributed by atoms with Crippen LogP contribution < -0.4 is 5.32 Å². The minimum atomic E-state index is 0.639. The van der Waals surface area contributed by atoms with Crippen LogP contribution in [0.25, 0.3) is 0 Å². The van der Waals surface area contributed by atoms with Crippen LogP contribution in [-0.2, 0) is 17.9 Å². The van der Waals surface area contributed by atoms with Gasteiger partial charge in [0.25, 0.3) is 0 Å². The minimum Gasteiger partial charge on any atom is -0.380 e. The molecule has 0 radical (unpaired) electrons. The summed E-state index contributed by atoms with van der Waals surface area (Å²) in [5.74, 6) is 0. The third-order valence-corrected chi connectivity index (χ3v) is 4.27. The van der Waals surface area contributed by atoms with Crippen molar-refractivity contribution in [3.05, 3.63) is 35.4 Å². The van der Waals surface area contributed by atoms with E-state index in [2.05, 4.69) is 48.3 Å². The number of methoxy groups -OCH3 is 1. The number of nitrogens with one attached hydrogen (secondary N) is 1. The van der Waals surface area contributed by atoms with Crippen molar-refractivity contribution in [1.82, 2.24) is 10.2 Å². The van der Waals surface area contributed by atoms with Crippen molar-refractivity contribution in [3.8, 4) is 0 Å². The topological polar surface area (TPSA) is 24.5 Å². The summed E-state index contributed by atoms with van der Waals surface area (Å²) >= 11 is 0. The second-order valence-corrected chi connectivity index (χ2v) is 5.76. The first kappa shape index (κ1) is 15.5. The van der Waals surface area contributed by atoms with Gasteiger partial charge in [-0.3, -0.25) is 4.90 Å². The fraction of sp³-hybridized carbons (Fsp3) is 0.647. The zero-order chi connectivity index (χ0) is 14.4. The van der Waals surface area contributed by atoms with Gasteiger partial charge in [0.05, 0.1) is 6.61 Å². The molecule has 0 aromatic heterocycles. The van der Waals surface area contributed by atoms with Crippen LogP contribution in [0.15, 0.2) is 24.3 Å². The summed E-state index contributed by atoms with van der Waals surface area (Å²) in [5.41, 5.74) is 2.66. The van der Waals surface area contributed by atoms with E-state index in [1.54, 1.807) is 7.11 Å². The van der Waals surface area contributed by atoms with Gasteiger partial charge in [0.1, 0.15) is 0 Å². The zero-order valence-corrected chi connectivity index (χ0v) is 13.1. The molecule has 1 fully saturated rings. The van der Waals surface area contributed by atoms with Crippen LogP contribution in [0.4, 0.5) is 0 Å². The van der Waals surface area contributed by atoms with E-state index in [0.717, 1.165) is 19.6 Å². The lowest BCUT2D eigenvalue weighted by Gasteiger charge is -2.40. The Balaban J connectivity index is 2.03. The van der Waals surface area contributed by atoms with E-state index < -0.39 is 0 Å². The molecule has 112 valence electrons. The molecule has 0 amide bonds. The number of piperazine rings is 1. The molecule has 1 aromatic carbocycles. The molecular weight excluding hydrogens is 248 g/mol. The second-order valence-electron chi connectivity index (χ2n) is 5.76. The second kappa shape index (κ2) is 7.77. The molecule has 1 heterocycles. The predicted octanol–water partition coefficient (Wildman–Crippen LogP) is 2.80. The lowest BCUT2D eigenvalue weighted by Crippen LogP contribution is -2.55. The van der Waals surface area contributed by atoms with Crippen LogP contribution in [-0.4, -0.2) is 37.2 Å². The Bertz CT molecular complexity index is 408. The first-order valence-corrected chi connectivity index (χ1v) is 7.81. The highest BCUT2D eigenvalue weighted by Gasteiger charge is 2.25. The van der Waals surface area contributed by atoms with Gasteiger partial charge in [0.15, 0.2) is 0 Å². The maximum atomic E-state index is 5.23. The van der Waals surface area contributed by atoms with Crippen molar-refractivity contribution in [2.75, 3.05) is 20.2 Å². The Morgan fingerprint density at radius 2 is 2.05 bits per heavy atom. The van der Waals surface area contributed by atoms with Crippen molar-refractivity contribution >= 4 is 0 Å². The normalized spacial score (nSPS) is 23.9. The summed E-state index contributed by atoms with van der Waals surface area (Å²) in [6.45, 7) is 8.57. The van der Waals surface area contributed by atoms with E-state index in [1.165, 1.54) is 24.0 Å². The summed E-state index contributed by atoms with van der Waals surface area (Å²) in [6.07, 6.45) is 2.41. The van der Waals surface area contributed by atoms with Gasteiger partial charge in [0, 0.05) is 38.8 Å². The first-order chi connectivity index (χ1) is 9.76. The van der Waals surface area contributed by atoms with Gasteiger partial charge < -0.3 is 10.1 Å². The van der Waals surface area contributed by atoms with Crippen LogP contribution >= 0.6 is 0 Å². The van der Waals surface area contributed by atoms with E-state index in [0.29, 0.717) is 18.7 Å². The lowest BCUT2D eigenvalue weighted by molar-refractivity contribution is 0.117. The van der Waals surface area contributed by atoms with Crippen molar-refractivity contribution in [3.63, 3.8) is 0 Å². The van der Waals surface area contributed by atoms with E-state index in [9.17, 15) is 0 Å². The van der Waals surface area contributed by atoms with Crippen molar-refractivity contribution in [2.24, 2.45) is 0 Å². The molecule has 0 bridgehead atoms. The molecule has 1 aromatic rings. The summed E-state index contributed by atoms with van der Waals surface area (Å²) in [7, 11) is 1.75. The summed E-state index contributed by atoms with van der Waals surface area (Å²) in [4.78, 5) is 2.64. The molecule has 0 spiro atoms. The molecule has 2 atom stereocenters. The van der Waals surface area contributed by atoms with Gasteiger partial charge in [-0.25, -0.2) is 0 Å². The average molecular weight is 276 g/mol. The van der Waals surface area contributed by atoms with Crippen molar-refractivity contribution < 1.29 is 4.74 Å². The minimum absolute atomic E-state index is 0.639. The molecule has 3 heteroatoms. The average Bonchev–Trinajstić information content (AvgIpc) is 2.48. The molecule has 1 aliphatic heterocycles. The third-order valence-electron chi connectivity index (χ3n) is 4.27. The number of ether oxygens (including phenoxy) is 1. The molecule has 3 nitrogen and oxygen atoms in total. The van der Waals surface area contributed by atoms with Crippen molar-refractivity contribution in [2.45, 2.75) is 51.9 Å². The quantitative estimate of drug-likeness (QED) is 0.864. The van der Waals surface area contributed by atoms with E-state index in [1.807, 2.05) is 0 Å². The smallest absolute Gasteiger partial charge is 0.0713 e. The molecule has 0 aliphatic carbocycles. The SMILES string of the molecule is CCC1CN(Cc2cccc(COC)c2)C(CC)CN1. The molecule has 2 rings (SSSR count). The maximum absolute atomic E-state index is 5.23. The first-order valence-electron chi connectivity index (χ1n) is 7.81. The van der Waals surface area contributed by atoms with Crippen molar-refractivity contribution in [1.29, 1.82) is 0 Å². The number of hydrogen-bond acceptors (Lipinski definition) is 3. The van der Waals surface area contributed by atoms with Gasteiger partial charge in [-0.2, -0.15) is 0 Å².